The molecule has 0 saturated carbocycles. The molecule has 4 nitrogen and oxygen atoms in total. The van der Waals surface area contributed by atoms with Crippen LogP contribution in [-0.2, 0) is 17.8 Å². The Hall–Kier alpha value is -2.75. The highest BCUT2D eigenvalue weighted by molar-refractivity contribution is 5.81. The summed E-state index contributed by atoms with van der Waals surface area (Å²) >= 11 is 0. The number of aliphatic carboxylic acids is 1. The summed E-state index contributed by atoms with van der Waals surface area (Å²) in [6.07, 6.45) is 2.81. The van der Waals surface area contributed by atoms with Crippen molar-refractivity contribution in [3.8, 4) is 5.75 Å². The third-order valence-corrected chi connectivity index (χ3v) is 4.30. The molecule has 0 bridgehead atoms. The summed E-state index contributed by atoms with van der Waals surface area (Å²) < 4.78 is 8.11. The molecular weight excluding hydrogens is 314 g/mol. The van der Waals surface area contributed by atoms with Crippen LogP contribution in [0.2, 0.25) is 0 Å². The van der Waals surface area contributed by atoms with Gasteiger partial charge in [-0.1, -0.05) is 18.2 Å². The second-order valence-electron chi connectivity index (χ2n) is 6.54. The second kappa shape index (κ2) is 7.43. The van der Waals surface area contributed by atoms with E-state index in [1.165, 1.54) is 10.9 Å². The first-order valence-electron chi connectivity index (χ1n) is 8.56. The molecule has 1 N–H and O–H groups in total. The van der Waals surface area contributed by atoms with Crippen LogP contribution < -0.4 is 4.74 Å². The number of aryl methyl sites for hydroxylation is 1. The van der Waals surface area contributed by atoms with Gasteiger partial charge in [-0.25, -0.2) is 0 Å². The molecule has 0 atom stereocenters. The van der Waals surface area contributed by atoms with Gasteiger partial charge in [-0.2, -0.15) is 0 Å². The molecule has 0 fully saturated rings. The van der Waals surface area contributed by atoms with E-state index in [9.17, 15) is 4.79 Å². The molecule has 1 aromatic heterocycles. The van der Waals surface area contributed by atoms with E-state index in [2.05, 4.69) is 48.9 Å². The Bertz CT molecular complexity index is 862. The lowest BCUT2D eigenvalue weighted by Crippen LogP contribution is -1.99. The van der Waals surface area contributed by atoms with Gasteiger partial charge in [0.25, 0.3) is 0 Å². The number of aromatic nitrogens is 1. The number of carboxylic acids is 1. The van der Waals surface area contributed by atoms with Crippen molar-refractivity contribution in [3.63, 3.8) is 0 Å². The number of ether oxygens (including phenoxy) is 1. The molecule has 4 heteroatoms. The Morgan fingerprint density at radius 1 is 1.08 bits per heavy atom. The zero-order valence-electron chi connectivity index (χ0n) is 14.6. The smallest absolute Gasteiger partial charge is 0.303 e. The zero-order chi connectivity index (χ0) is 17.8. The minimum Gasteiger partial charge on any atom is -0.489 e. The molecule has 2 aromatic carbocycles. The van der Waals surface area contributed by atoms with E-state index in [4.69, 9.17) is 9.84 Å². The van der Waals surface area contributed by atoms with Crippen molar-refractivity contribution in [1.82, 2.24) is 4.57 Å². The minimum absolute atomic E-state index is 0.149. The van der Waals surface area contributed by atoms with Crippen LogP contribution >= 0.6 is 0 Å². The van der Waals surface area contributed by atoms with Crippen molar-refractivity contribution in [3.05, 3.63) is 65.9 Å². The normalized spacial score (nSPS) is 11.2. The summed E-state index contributed by atoms with van der Waals surface area (Å²) in [6.45, 7) is 4.87. The predicted molar refractivity (Wildman–Crippen MR) is 99.1 cm³/mol. The predicted octanol–water partition coefficient (Wildman–Crippen LogP) is 4.82. The molecule has 0 aliphatic heterocycles. The fourth-order valence-electron chi connectivity index (χ4n) is 2.92. The van der Waals surface area contributed by atoms with E-state index in [1.54, 1.807) is 0 Å². The highest BCUT2D eigenvalue weighted by Crippen LogP contribution is 2.22. The summed E-state index contributed by atoms with van der Waals surface area (Å²) in [7, 11) is 0. The van der Waals surface area contributed by atoms with Crippen LogP contribution in [0.3, 0.4) is 0 Å². The topological polar surface area (TPSA) is 51.5 Å². The molecule has 1 heterocycles. The first kappa shape index (κ1) is 17.1. The van der Waals surface area contributed by atoms with Gasteiger partial charge >= 0.3 is 5.97 Å². The van der Waals surface area contributed by atoms with Gasteiger partial charge in [-0.15, -0.1) is 0 Å². The fourth-order valence-corrected chi connectivity index (χ4v) is 2.92. The first-order chi connectivity index (χ1) is 12.0. The van der Waals surface area contributed by atoms with Crippen LogP contribution in [0.15, 0.2) is 54.7 Å². The monoisotopic (exact) mass is 337 g/mol. The summed E-state index contributed by atoms with van der Waals surface area (Å²) in [6, 6.07) is 16.6. The lowest BCUT2D eigenvalue weighted by atomic mass is 10.1. The highest BCUT2D eigenvalue weighted by atomic mass is 16.5. The molecule has 3 rings (SSSR count). The number of benzene rings is 2. The van der Waals surface area contributed by atoms with Crippen LogP contribution in [0, 0.1) is 0 Å². The first-order valence-corrected chi connectivity index (χ1v) is 8.56. The third kappa shape index (κ3) is 4.21. The molecule has 0 spiro atoms. The number of carbonyl (C=O) groups is 1. The number of rotatable bonds is 7. The van der Waals surface area contributed by atoms with Gasteiger partial charge < -0.3 is 14.4 Å². The van der Waals surface area contributed by atoms with Gasteiger partial charge in [-0.3, -0.25) is 4.79 Å². The molecule has 0 saturated heterocycles. The Balaban J connectivity index is 1.63. The molecule has 0 aliphatic rings. The van der Waals surface area contributed by atoms with E-state index in [-0.39, 0.29) is 6.42 Å². The van der Waals surface area contributed by atoms with E-state index < -0.39 is 5.97 Å². The van der Waals surface area contributed by atoms with E-state index in [1.807, 2.05) is 24.3 Å². The molecule has 0 aliphatic carbocycles. The Morgan fingerprint density at radius 2 is 1.80 bits per heavy atom. The van der Waals surface area contributed by atoms with Gasteiger partial charge in [0.15, 0.2) is 0 Å². The van der Waals surface area contributed by atoms with E-state index in [0.29, 0.717) is 19.1 Å². The number of hydrogen-bond acceptors (Lipinski definition) is 2. The number of nitrogens with zero attached hydrogens (tertiary/aromatic N) is 1. The van der Waals surface area contributed by atoms with Crippen molar-refractivity contribution in [1.29, 1.82) is 0 Å². The van der Waals surface area contributed by atoms with Gasteiger partial charge in [0.05, 0.1) is 0 Å². The quantitative estimate of drug-likeness (QED) is 0.672. The zero-order valence-corrected chi connectivity index (χ0v) is 14.6. The Kier molecular flexibility index (Phi) is 5.08. The molecule has 0 amide bonds. The van der Waals surface area contributed by atoms with Crippen LogP contribution in [0.5, 0.6) is 5.75 Å². The van der Waals surface area contributed by atoms with Crippen molar-refractivity contribution in [2.75, 3.05) is 0 Å². The Labute approximate surface area is 147 Å². The van der Waals surface area contributed by atoms with E-state index in [0.717, 1.165) is 16.9 Å². The van der Waals surface area contributed by atoms with E-state index >= 15 is 0 Å². The third-order valence-electron chi connectivity index (χ3n) is 4.30. The largest absolute Gasteiger partial charge is 0.489 e. The van der Waals surface area contributed by atoms with Crippen molar-refractivity contribution in [2.24, 2.45) is 0 Å². The summed E-state index contributed by atoms with van der Waals surface area (Å²) in [5.74, 6) is 0.0148. The maximum atomic E-state index is 10.6. The van der Waals surface area contributed by atoms with Crippen molar-refractivity contribution in [2.45, 2.75) is 39.3 Å². The number of hydrogen-bond donors (Lipinski definition) is 1. The molecule has 3 aromatic rings. The van der Waals surface area contributed by atoms with Gasteiger partial charge in [0.1, 0.15) is 12.4 Å². The molecule has 25 heavy (non-hydrogen) atoms. The SMILES string of the molecule is CC(C)n1ccc2cc(COc3ccc(CCC(=O)O)cc3)ccc21. The highest BCUT2D eigenvalue weighted by Gasteiger charge is 2.05. The molecule has 130 valence electrons. The lowest BCUT2D eigenvalue weighted by molar-refractivity contribution is -0.136. The second-order valence-corrected chi connectivity index (χ2v) is 6.54. The lowest BCUT2D eigenvalue weighted by Gasteiger charge is -2.10. The van der Waals surface area contributed by atoms with Crippen LogP contribution in [-0.4, -0.2) is 15.6 Å². The average Bonchev–Trinajstić information content (AvgIpc) is 3.02. The standard InChI is InChI=1S/C21H23NO3/c1-15(2)22-12-11-18-13-17(5-9-20(18)22)14-25-19-7-3-16(4-8-19)6-10-21(23)24/h3-5,7-9,11-13,15H,6,10,14H2,1-2H3,(H,23,24). The van der Waals surface area contributed by atoms with Crippen LogP contribution in [0.25, 0.3) is 10.9 Å². The fraction of sp³-hybridized carbons (Fsp3) is 0.286. The maximum Gasteiger partial charge on any atom is 0.303 e. The van der Waals surface area contributed by atoms with Crippen molar-refractivity contribution < 1.29 is 14.6 Å². The summed E-state index contributed by atoms with van der Waals surface area (Å²) in [5.41, 5.74) is 3.37. The maximum absolute atomic E-state index is 10.6. The molecule has 0 unspecified atom stereocenters. The van der Waals surface area contributed by atoms with Gasteiger partial charge in [-0.05, 0) is 67.1 Å². The summed E-state index contributed by atoms with van der Waals surface area (Å²) in [4.78, 5) is 10.6. The van der Waals surface area contributed by atoms with Crippen molar-refractivity contribution >= 4 is 16.9 Å². The Morgan fingerprint density at radius 3 is 2.48 bits per heavy atom. The molecule has 0 radical (unpaired) electrons. The molecular formula is C21H23NO3. The number of carboxylic acid groups (broad SMARTS) is 1. The summed E-state index contributed by atoms with van der Waals surface area (Å²) in [5, 5.41) is 9.94. The number of fused-ring (bicyclic) bond motifs is 1. The minimum atomic E-state index is -0.776. The van der Waals surface area contributed by atoms with Gasteiger partial charge in [0.2, 0.25) is 0 Å². The van der Waals surface area contributed by atoms with Crippen LogP contribution in [0.1, 0.15) is 37.4 Å². The van der Waals surface area contributed by atoms with Crippen LogP contribution in [0.4, 0.5) is 0 Å². The average molecular weight is 337 g/mol. The van der Waals surface area contributed by atoms with Gasteiger partial charge in [0, 0.05) is 24.2 Å².